The molecule has 16 heavy (non-hydrogen) atoms. The lowest BCUT2D eigenvalue weighted by Crippen LogP contribution is -2.44. The Kier molecular flexibility index (Phi) is 3.74. The molecular weight excluding hydrogens is 288 g/mol. The average molecular weight is 305 g/mol. The van der Waals surface area contributed by atoms with Crippen molar-refractivity contribution in [1.82, 2.24) is 0 Å². The maximum atomic E-state index is 10.6. The topological polar surface area (TPSA) is 29.5 Å². The van der Waals surface area contributed by atoms with Gasteiger partial charge in [-0.15, -0.1) is 11.3 Å². The third kappa shape index (κ3) is 3.06. The first-order chi connectivity index (χ1) is 7.47. The highest BCUT2D eigenvalue weighted by atomic mass is 79.9. The monoisotopic (exact) mass is 304 g/mol. The second-order valence-corrected chi connectivity index (χ2v) is 7.32. The molecule has 0 saturated carbocycles. The van der Waals surface area contributed by atoms with Gasteiger partial charge in [0.25, 0.3) is 0 Å². The predicted octanol–water partition coefficient (Wildman–Crippen LogP) is 3.37. The lowest BCUT2D eigenvalue weighted by Gasteiger charge is -2.39. The first kappa shape index (κ1) is 12.6. The Balaban J connectivity index is 2.07. The SMILES string of the molecule is CC1CC(O)(Cc2ccc(Br)s2)CC(C)O1. The molecular formula is C12H17BrO2S. The Morgan fingerprint density at radius 3 is 2.56 bits per heavy atom. The molecule has 0 radical (unpaired) electrons. The molecule has 2 unspecified atom stereocenters. The number of rotatable bonds is 2. The minimum Gasteiger partial charge on any atom is -0.389 e. The largest absolute Gasteiger partial charge is 0.389 e. The molecule has 0 amide bonds. The van der Waals surface area contributed by atoms with Gasteiger partial charge in [-0.05, 0) is 41.9 Å². The molecule has 1 aromatic rings. The van der Waals surface area contributed by atoms with Crippen molar-refractivity contribution in [2.75, 3.05) is 0 Å². The number of hydrogen-bond acceptors (Lipinski definition) is 3. The van der Waals surface area contributed by atoms with Gasteiger partial charge in [0.15, 0.2) is 0 Å². The van der Waals surface area contributed by atoms with E-state index in [-0.39, 0.29) is 12.2 Å². The molecule has 1 aliphatic heterocycles. The van der Waals surface area contributed by atoms with Gasteiger partial charge < -0.3 is 9.84 Å². The van der Waals surface area contributed by atoms with Crippen molar-refractivity contribution in [3.63, 3.8) is 0 Å². The molecule has 1 aromatic heterocycles. The summed E-state index contributed by atoms with van der Waals surface area (Å²) >= 11 is 5.15. The highest BCUT2D eigenvalue weighted by molar-refractivity contribution is 9.11. The smallest absolute Gasteiger partial charge is 0.0744 e. The van der Waals surface area contributed by atoms with Crippen LogP contribution in [0.1, 0.15) is 31.6 Å². The fourth-order valence-corrected chi connectivity index (χ4v) is 4.18. The molecule has 1 aliphatic rings. The van der Waals surface area contributed by atoms with Gasteiger partial charge in [-0.1, -0.05) is 0 Å². The highest BCUT2D eigenvalue weighted by Crippen LogP contribution is 2.34. The van der Waals surface area contributed by atoms with E-state index in [1.807, 2.05) is 19.9 Å². The van der Waals surface area contributed by atoms with E-state index in [0.717, 1.165) is 23.0 Å². The minimum absolute atomic E-state index is 0.150. The average Bonchev–Trinajstić information content (AvgIpc) is 2.47. The highest BCUT2D eigenvalue weighted by Gasteiger charge is 2.37. The van der Waals surface area contributed by atoms with Crippen LogP contribution in [0.4, 0.5) is 0 Å². The molecule has 0 spiro atoms. The summed E-state index contributed by atoms with van der Waals surface area (Å²) in [5.41, 5.74) is -0.596. The third-order valence-electron chi connectivity index (χ3n) is 2.93. The molecule has 4 heteroatoms. The van der Waals surface area contributed by atoms with Crippen molar-refractivity contribution in [1.29, 1.82) is 0 Å². The second-order valence-electron chi connectivity index (χ2n) is 4.77. The van der Waals surface area contributed by atoms with Crippen LogP contribution in [-0.2, 0) is 11.2 Å². The Labute approximate surface area is 109 Å². The van der Waals surface area contributed by atoms with Crippen LogP contribution in [0.25, 0.3) is 0 Å². The van der Waals surface area contributed by atoms with E-state index < -0.39 is 5.60 Å². The van der Waals surface area contributed by atoms with E-state index >= 15 is 0 Å². The van der Waals surface area contributed by atoms with Crippen molar-refractivity contribution in [2.45, 2.75) is 50.9 Å². The van der Waals surface area contributed by atoms with Crippen LogP contribution >= 0.6 is 27.3 Å². The summed E-state index contributed by atoms with van der Waals surface area (Å²) in [5, 5.41) is 10.6. The summed E-state index contributed by atoms with van der Waals surface area (Å²) in [6, 6.07) is 4.12. The van der Waals surface area contributed by atoms with E-state index in [4.69, 9.17) is 4.74 Å². The summed E-state index contributed by atoms with van der Waals surface area (Å²) in [7, 11) is 0. The van der Waals surface area contributed by atoms with Crippen molar-refractivity contribution in [3.05, 3.63) is 20.8 Å². The van der Waals surface area contributed by atoms with Gasteiger partial charge in [0.05, 0.1) is 21.6 Å². The van der Waals surface area contributed by atoms with Crippen LogP contribution in [-0.4, -0.2) is 22.9 Å². The zero-order chi connectivity index (χ0) is 11.8. The van der Waals surface area contributed by atoms with E-state index in [9.17, 15) is 5.11 Å². The van der Waals surface area contributed by atoms with Gasteiger partial charge >= 0.3 is 0 Å². The molecule has 1 N–H and O–H groups in total. The Hall–Kier alpha value is 0.1000. The summed E-state index contributed by atoms with van der Waals surface area (Å²) in [5.74, 6) is 0. The summed E-state index contributed by atoms with van der Waals surface area (Å²) in [6.07, 6.45) is 2.50. The second kappa shape index (κ2) is 4.77. The molecule has 0 bridgehead atoms. The lowest BCUT2D eigenvalue weighted by molar-refractivity contribution is -0.130. The standard InChI is InChI=1S/C12H17BrO2S/c1-8-5-12(14,6-9(2)15-8)7-10-3-4-11(13)16-10/h3-4,8-9,14H,5-7H2,1-2H3. The predicted molar refractivity (Wildman–Crippen MR) is 69.9 cm³/mol. The molecule has 90 valence electrons. The number of aliphatic hydroxyl groups is 1. The zero-order valence-electron chi connectivity index (χ0n) is 9.57. The van der Waals surface area contributed by atoms with Crippen LogP contribution in [0.5, 0.6) is 0 Å². The fraction of sp³-hybridized carbons (Fsp3) is 0.667. The van der Waals surface area contributed by atoms with Crippen molar-refractivity contribution >= 4 is 27.3 Å². The van der Waals surface area contributed by atoms with Gasteiger partial charge in [0.2, 0.25) is 0 Å². The van der Waals surface area contributed by atoms with E-state index in [1.54, 1.807) is 11.3 Å². The first-order valence-electron chi connectivity index (χ1n) is 5.59. The molecule has 2 rings (SSSR count). The van der Waals surface area contributed by atoms with Crippen LogP contribution in [0.15, 0.2) is 15.9 Å². The number of ether oxygens (including phenoxy) is 1. The lowest BCUT2D eigenvalue weighted by atomic mass is 9.84. The van der Waals surface area contributed by atoms with E-state index in [2.05, 4.69) is 22.0 Å². The summed E-state index contributed by atoms with van der Waals surface area (Å²) in [6.45, 7) is 4.07. The molecule has 2 atom stereocenters. The molecule has 0 aliphatic carbocycles. The van der Waals surface area contributed by atoms with E-state index in [1.165, 1.54) is 4.88 Å². The minimum atomic E-state index is -0.596. The first-order valence-corrected chi connectivity index (χ1v) is 7.20. The molecule has 1 fully saturated rings. The van der Waals surface area contributed by atoms with Crippen LogP contribution < -0.4 is 0 Å². The Morgan fingerprint density at radius 1 is 1.44 bits per heavy atom. The van der Waals surface area contributed by atoms with Gasteiger partial charge in [-0.25, -0.2) is 0 Å². The quantitative estimate of drug-likeness (QED) is 0.908. The molecule has 0 aromatic carbocycles. The van der Waals surface area contributed by atoms with Crippen LogP contribution in [0.2, 0.25) is 0 Å². The molecule has 1 saturated heterocycles. The van der Waals surface area contributed by atoms with Gasteiger partial charge in [-0.2, -0.15) is 0 Å². The molecule has 2 heterocycles. The fourth-order valence-electron chi connectivity index (χ4n) is 2.56. The Morgan fingerprint density at radius 2 is 2.06 bits per heavy atom. The normalized spacial score (nSPS) is 35.2. The number of thiophene rings is 1. The maximum absolute atomic E-state index is 10.6. The maximum Gasteiger partial charge on any atom is 0.0744 e. The number of hydrogen-bond donors (Lipinski definition) is 1. The third-order valence-corrected chi connectivity index (χ3v) is 4.56. The van der Waals surface area contributed by atoms with Crippen LogP contribution in [0, 0.1) is 0 Å². The summed E-state index contributed by atoms with van der Waals surface area (Å²) in [4.78, 5) is 1.23. The van der Waals surface area contributed by atoms with Crippen molar-refractivity contribution < 1.29 is 9.84 Å². The Bertz CT molecular complexity index is 354. The van der Waals surface area contributed by atoms with Gasteiger partial charge in [-0.3, -0.25) is 0 Å². The van der Waals surface area contributed by atoms with E-state index in [0.29, 0.717) is 0 Å². The van der Waals surface area contributed by atoms with Gasteiger partial charge in [0.1, 0.15) is 0 Å². The summed E-state index contributed by atoms with van der Waals surface area (Å²) < 4.78 is 6.78. The van der Waals surface area contributed by atoms with Crippen molar-refractivity contribution in [2.24, 2.45) is 0 Å². The molecule has 2 nitrogen and oxygen atoms in total. The van der Waals surface area contributed by atoms with Crippen molar-refractivity contribution in [3.8, 4) is 0 Å². The van der Waals surface area contributed by atoms with Crippen LogP contribution in [0.3, 0.4) is 0 Å². The zero-order valence-corrected chi connectivity index (χ0v) is 12.0. The van der Waals surface area contributed by atoms with Gasteiger partial charge in [0, 0.05) is 24.1 Å². The number of halogens is 1.